The van der Waals surface area contributed by atoms with Gasteiger partial charge in [0, 0.05) is 55.5 Å². The Bertz CT molecular complexity index is 930. The topological polar surface area (TPSA) is 90.9 Å². The minimum Gasteiger partial charge on any atom is -0.377 e. The van der Waals surface area contributed by atoms with Crippen molar-refractivity contribution in [2.24, 2.45) is 5.73 Å². The molecule has 4 rings (SSSR count). The van der Waals surface area contributed by atoms with Crippen LogP contribution in [0.3, 0.4) is 0 Å². The lowest BCUT2D eigenvalue weighted by molar-refractivity contribution is 0.177. The molecule has 0 unspecified atom stereocenters. The molecular weight excluding hydrogens is 352 g/mol. The molecule has 2 aromatic heterocycles. The van der Waals surface area contributed by atoms with Gasteiger partial charge in [-0.3, -0.25) is 0 Å². The second-order valence-electron chi connectivity index (χ2n) is 7.32. The third-order valence-corrected chi connectivity index (χ3v) is 5.17. The van der Waals surface area contributed by atoms with Crippen LogP contribution in [0.25, 0.3) is 5.69 Å². The number of anilines is 1. The van der Waals surface area contributed by atoms with Crippen LogP contribution in [0.1, 0.15) is 41.7 Å². The zero-order valence-electron chi connectivity index (χ0n) is 16.3. The predicted octanol–water partition coefficient (Wildman–Crippen LogP) is 2.93. The van der Waals surface area contributed by atoms with Crippen LogP contribution in [0, 0.1) is 6.92 Å². The number of nitrogens with two attached hydrogens (primary N) is 1. The predicted molar refractivity (Wildman–Crippen MR) is 108 cm³/mol. The lowest BCUT2D eigenvalue weighted by Gasteiger charge is -2.32. The fourth-order valence-electron chi connectivity index (χ4n) is 3.53. The van der Waals surface area contributed by atoms with Crippen LogP contribution in [-0.4, -0.2) is 32.7 Å². The zero-order valence-corrected chi connectivity index (χ0v) is 16.3. The maximum Gasteiger partial charge on any atom is 0.156 e. The summed E-state index contributed by atoms with van der Waals surface area (Å²) in [5.41, 5.74) is 9.28. The van der Waals surface area contributed by atoms with Crippen molar-refractivity contribution >= 4 is 5.82 Å². The summed E-state index contributed by atoms with van der Waals surface area (Å²) < 4.78 is 7.29. The zero-order chi connectivity index (χ0) is 19.5. The summed E-state index contributed by atoms with van der Waals surface area (Å²) in [5.74, 6) is 2.92. The van der Waals surface area contributed by atoms with E-state index in [2.05, 4.69) is 49.1 Å². The summed E-state index contributed by atoms with van der Waals surface area (Å²) in [4.78, 5) is 13.5. The molecule has 1 saturated carbocycles. The van der Waals surface area contributed by atoms with Gasteiger partial charge in [-0.25, -0.2) is 15.0 Å². The average molecular weight is 378 g/mol. The molecule has 146 valence electrons. The average Bonchev–Trinajstić information content (AvgIpc) is 3.10. The van der Waals surface area contributed by atoms with Gasteiger partial charge in [-0.15, -0.1) is 0 Å². The maximum absolute atomic E-state index is 5.94. The number of hydrogen-bond donors (Lipinski definition) is 2. The first-order chi connectivity index (χ1) is 13.6. The number of benzene rings is 1. The molecule has 0 amide bonds. The normalized spacial score (nSPS) is 18.7. The number of imidazole rings is 1. The Morgan fingerprint density at radius 1 is 1.21 bits per heavy atom. The first-order valence-electron chi connectivity index (χ1n) is 9.58. The van der Waals surface area contributed by atoms with Crippen LogP contribution in [-0.2, 0) is 17.9 Å². The third-order valence-electron chi connectivity index (χ3n) is 5.17. The smallest absolute Gasteiger partial charge is 0.156 e. The van der Waals surface area contributed by atoms with Gasteiger partial charge in [0.15, 0.2) is 5.82 Å². The van der Waals surface area contributed by atoms with Gasteiger partial charge in [0.1, 0.15) is 18.2 Å². The summed E-state index contributed by atoms with van der Waals surface area (Å²) >= 11 is 0. The van der Waals surface area contributed by atoms with E-state index in [0.717, 1.165) is 35.9 Å². The van der Waals surface area contributed by atoms with E-state index in [-0.39, 0.29) is 0 Å². The van der Waals surface area contributed by atoms with Crippen LogP contribution in [0.15, 0.2) is 42.7 Å². The molecule has 7 heteroatoms. The number of nitrogens with zero attached hydrogens (tertiary/aromatic N) is 4. The quantitative estimate of drug-likeness (QED) is 0.657. The van der Waals surface area contributed by atoms with Gasteiger partial charge in [-0.1, -0.05) is 12.1 Å². The molecule has 3 aromatic rings. The largest absolute Gasteiger partial charge is 0.377 e. The molecule has 3 N–H and O–H groups in total. The van der Waals surface area contributed by atoms with Crippen molar-refractivity contribution in [3.63, 3.8) is 0 Å². The number of rotatable bonds is 7. The molecule has 1 aliphatic carbocycles. The Morgan fingerprint density at radius 3 is 2.64 bits per heavy atom. The SMILES string of the molecule is COCc1nc(NCc2ccc(-n3ccnc3C)cc2)cc(C2CC(N)C2)n1. The summed E-state index contributed by atoms with van der Waals surface area (Å²) in [6, 6.07) is 10.8. The van der Waals surface area contributed by atoms with Gasteiger partial charge in [-0.05, 0) is 37.5 Å². The van der Waals surface area contributed by atoms with Gasteiger partial charge < -0.3 is 20.4 Å². The van der Waals surface area contributed by atoms with E-state index < -0.39 is 0 Å². The fourth-order valence-corrected chi connectivity index (χ4v) is 3.53. The number of hydrogen-bond acceptors (Lipinski definition) is 6. The van der Waals surface area contributed by atoms with E-state index in [1.54, 1.807) is 7.11 Å². The minimum absolute atomic E-state index is 0.292. The fraction of sp³-hybridized carbons (Fsp3) is 0.381. The van der Waals surface area contributed by atoms with Gasteiger partial charge in [-0.2, -0.15) is 0 Å². The van der Waals surface area contributed by atoms with Crippen LogP contribution >= 0.6 is 0 Å². The molecular formula is C21H26N6O. The number of ether oxygens (including phenoxy) is 1. The van der Waals surface area contributed by atoms with Gasteiger partial charge in [0.05, 0.1) is 0 Å². The molecule has 0 radical (unpaired) electrons. The molecule has 0 aliphatic heterocycles. The Hall–Kier alpha value is -2.77. The number of aromatic nitrogens is 4. The molecule has 1 aromatic carbocycles. The van der Waals surface area contributed by atoms with Crippen molar-refractivity contribution in [3.8, 4) is 5.69 Å². The Morgan fingerprint density at radius 2 is 2.00 bits per heavy atom. The standard InChI is InChI=1S/C21H26N6O/c1-14-23-7-8-27(14)18-5-3-15(4-6-18)12-24-20-11-19(16-9-17(22)10-16)25-21(26-20)13-28-2/h3-8,11,16-17H,9-10,12-13,22H2,1-2H3,(H,24,25,26). The first-order valence-corrected chi connectivity index (χ1v) is 9.58. The second-order valence-corrected chi connectivity index (χ2v) is 7.32. The van der Waals surface area contributed by atoms with E-state index in [1.807, 2.05) is 25.4 Å². The highest BCUT2D eigenvalue weighted by molar-refractivity contribution is 5.41. The van der Waals surface area contributed by atoms with Crippen molar-refractivity contribution in [1.29, 1.82) is 0 Å². The van der Waals surface area contributed by atoms with E-state index in [4.69, 9.17) is 10.5 Å². The molecule has 0 saturated heterocycles. The second kappa shape index (κ2) is 8.08. The van der Waals surface area contributed by atoms with Crippen LogP contribution < -0.4 is 11.1 Å². The Labute approximate surface area is 165 Å². The highest BCUT2D eigenvalue weighted by Crippen LogP contribution is 2.35. The lowest BCUT2D eigenvalue weighted by atomic mass is 9.78. The van der Waals surface area contributed by atoms with Crippen molar-refractivity contribution in [2.75, 3.05) is 12.4 Å². The van der Waals surface area contributed by atoms with Crippen molar-refractivity contribution in [2.45, 2.75) is 44.9 Å². The minimum atomic E-state index is 0.292. The summed E-state index contributed by atoms with van der Waals surface area (Å²) in [5, 5.41) is 3.42. The summed E-state index contributed by atoms with van der Waals surface area (Å²) in [6.45, 7) is 3.09. The molecule has 0 bridgehead atoms. The maximum atomic E-state index is 5.94. The Balaban J connectivity index is 1.46. The van der Waals surface area contributed by atoms with E-state index in [0.29, 0.717) is 30.9 Å². The molecule has 28 heavy (non-hydrogen) atoms. The monoisotopic (exact) mass is 378 g/mol. The van der Waals surface area contributed by atoms with Gasteiger partial charge >= 0.3 is 0 Å². The highest BCUT2D eigenvalue weighted by atomic mass is 16.5. The highest BCUT2D eigenvalue weighted by Gasteiger charge is 2.29. The molecule has 7 nitrogen and oxygen atoms in total. The molecule has 0 spiro atoms. The molecule has 1 fully saturated rings. The number of methoxy groups -OCH3 is 1. The van der Waals surface area contributed by atoms with E-state index in [1.165, 1.54) is 5.56 Å². The van der Waals surface area contributed by atoms with Crippen LogP contribution in [0.5, 0.6) is 0 Å². The van der Waals surface area contributed by atoms with Gasteiger partial charge in [0.25, 0.3) is 0 Å². The van der Waals surface area contributed by atoms with Crippen LogP contribution in [0.2, 0.25) is 0 Å². The van der Waals surface area contributed by atoms with Crippen molar-refractivity contribution in [1.82, 2.24) is 19.5 Å². The first kappa shape index (κ1) is 18.6. The molecule has 2 heterocycles. The summed E-state index contributed by atoms with van der Waals surface area (Å²) in [7, 11) is 1.66. The molecule has 1 aliphatic rings. The van der Waals surface area contributed by atoms with E-state index in [9.17, 15) is 0 Å². The lowest BCUT2D eigenvalue weighted by Crippen LogP contribution is -2.35. The number of aryl methyl sites for hydroxylation is 1. The molecule has 0 atom stereocenters. The van der Waals surface area contributed by atoms with Crippen LogP contribution in [0.4, 0.5) is 5.82 Å². The third kappa shape index (κ3) is 4.05. The van der Waals surface area contributed by atoms with E-state index >= 15 is 0 Å². The number of nitrogens with one attached hydrogen (secondary N) is 1. The van der Waals surface area contributed by atoms with Crippen molar-refractivity contribution < 1.29 is 4.74 Å². The van der Waals surface area contributed by atoms with Crippen molar-refractivity contribution in [3.05, 3.63) is 65.6 Å². The Kier molecular flexibility index (Phi) is 5.36. The summed E-state index contributed by atoms with van der Waals surface area (Å²) in [6.07, 6.45) is 5.74. The van der Waals surface area contributed by atoms with Gasteiger partial charge in [0.2, 0.25) is 0 Å².